The Labute approximate surface area is 236 Å². The first-order valence-electron chi connectivity index (χ1n) is 11.5. The van der Waals surface area contributed by atoms with Crippen molar-refractivity contribution in [3.63, 3.8) is 0 Å². The van der Waals surface area contributed by atoms with E-state index < -0.39 is 17.5 Å². The number of aliphatic hydroxyl groups is 2. The summed E-state index contributed by atoms with van der Waals surface area (Å²) in [6.45, 7) is 4.50. The number of anilines is 1. The van der Waals surface area contributed by atoms with E-state index in [1.165, 1.54) is 0 Å². The number of ether oxygens (including phenoxy) is 1. The van der Waals surface area contributed by atoms with Crippen molar-refractivity contribution in [3.8, 4) is 16.9 Å². The molecule has 37 heavy (non-hydrogen) atoms. The molecule has 9 nitrogen and oxygen atoms in total. The van der Waals surface area contributed by atoms with Crippen LogP contribution in [0.15, 0.2) is 74.8 Å². The third kappa shape index (κ3) is 7.47. The van der Waals surface area contributed by atoms with E-state index >= 15 is 0 Å². The standard InChI is InChI=1S/C27H29N3O6.Na/c1-17-10-24(35-16-23(32)15-31)11-18(2)25(17)21-5-3-4-20(12-21)13-28-22-8-6-19(7-9-22)14-30-26(33)29-27(34)36-30;/h3-12,23,28,31-32H,13-16H2,1-2H3,(H,29,33,34);/q;+1/p-1/t23-;/m1./s1. The van der Waals surface area contributed by atoms with Gasteiger partial charge in [-0.05, 0) is 77.6 Å². The molecule has 0 aliphatic carbocycles. The van der Waals surface area contributed by atoms with Crippen molar-refractivity contribution < 1.29 is 49.0 Å². The molecule has 10 heteroatoms. The third-order valence-electron chi connectivity index (χ3n) is 5.74. The van der Waals surface area contributed by atoms with Crippen molar-refractivity contribution >= 4 is 5.69 Å². The molecule has 0 aliphatic rings. The Balaban J connectivity index is 0.00000380. The van der Waals surface area contributed by atoms with Crippen molar-refractivity contribution in [1.82, 2.24) is 9.72 Å². The first kappa shape index (κ1) is 28.5. The van der Waals surface area contributed by atoms with E-state index in [0.717, 1.165) is 43.8 Å². The van der Waals surface area contributed by atoms with Crippen molar-refractivity contribution in [2.45, 2.75) is 33.0 Å². The van der Waals surface area contributed by atoms with Crippen LogP contribution in [0.1, 0.15) is 22.3 Å². The third-order valence-corrected chi connectivity index (χ3v) is 5.74. The fourth-order valence-corrected chi connectivity index (χ4v) is 4.03. The van der Waals surface area contributed by atoms with Crippen LogP contribution in [-0.2, 0) is 13.1 Å². The van der Waals surface area contributed by atoms with E-state index in [4.69, 9.17) is 14.4 Å². The minimum Gasteiger partial charge on any atom is -0.491 e. The molecule has 0 spiro atoms. The van der Waals surface area contributed by atoms with E-state index in [0.29, 0.717) is 12.3 Å². The zero-order chi connectivity index (χ0) is 25.7. The maximum absolute atomic E-state index is 11.5. The Morgan fingerprint density at radius 1 is 1.03 bits per heavy atom. The molecular formula is C27H28N3NaO6. The van der Waals surface area contributed by atoms with Gasteiger partial charge in [-0.25, -0.2) is 4.79 Å². The Morgan fingerprint density at radius 3 is 2.35 bits per heavy atom. The summed E-state index contributed by atoms with van der Waals surface area (Å²) in [5.74, 6) is -0.239. The van der Waals surface area contributed by atoms with Crippen molar-refractivity contribution in [2.75, 3.05) is 18.5 Å². The number of nitrogens with one attached hydrogen (secondary N) is 1. The van der Waals surface area contributed by atoms with E-state index in [1.807, 2.05) is 56.3 Å². The van der Waals surface area contributed by atoms with Gasteiger partial charge in [0.2, 0.25) is 0 Å². The Hall–Kier alpha value is -3.08. The number of aliphatic hydroxyl groups excluding tert-OH is 2. The molecule has 0 aliphatic heterocycles. The largest absolute Gasteiger partial charge is 1.00 e. The number of nitrogens with zero attached hydrogens (tertiary/aromatic N) is 2. The van der Waals surface area contributed by atoms with Crippen LogP contribution >= 0.6 is 0 Å². The minimum atomic E-state index is -0.907. The number of hydrogen-bond donors (Lipinski definition) is 3. The van der Waals surface area contributed by atoms with Crippen molar-refractivity contribution in [3.05, 3.63) is 104 Å². The SMILES string of the molecule is Cc1cc(OC[C@H](O)CO)cc(C)c1-c1cccc(CNc2ccc(Cn3oc(=O)[n-]c3=O)cc2)c1.[Na+]. The molecule has 4 rings (SSSR count). The average Bonchev–Trinajstić information content (AvgIpc) is 3.18. The van der Waals surface area contributed by atoms with Crippen LogP contribution in [0.2, 0.25) is 0 Å². The summed E-state index contributed by atoms with van der Waals surface area (Å²) in [5.41, 5.74) is 6.46. The summed E-state index contributed by atoms with van der Waals surface area (Å²) < 4.78 is 11.3. The Kier molecular flexibility index (Phi) is 9.96. The fraction of sp³-hybridized carbons (Fsp3) is 0.259. The van der Waals surface area contributed by atoms with Crippen LogP contribution in [0.25, 0.3) is 11.1 Å². The molecular weight excluding hydrogens is 485 g/mol. The second-order valence-electron chi connectivity index (χ2n) is 8.62. The summed E-state index contributed by atoms with van der Waals surface area (Å²) in [6.07, 6.45) is -0.907. The molecule has 1 atom stereocenters. The average molecular weight is 514 g/mol. The van der Waals surface area contributed by atoms with Crippen LogP contribution in [0.3, 0.4) is 0 Å². The summed E-state index contributed by atoms with van der Waals surface area (Å²) in [6, 6.07) is 19.7. The van der Waals surface area contributed by atoms with E-state index in [-0.39, 0.29) is 49.3 Å². The molecule has 0 saturated heterocycles. The normalized spacial score (nSPS) is 11.6. The molecule has 1 aromatic heterocycles. The summed E-state index contributed by atoms with van der Waals surface area (Å²) in [5, 5.41) is 21.9. The van der Waals surface area contributed by atoms with Gasteiger partial charge in [0, 0.05) is 18.8 Å². The minimum absolute atomic E-state index is 0. The van der Waals surface area contributed by atoms with Crippen LogP contribution < -0.4 is 56.0 Å². The predicted molar refractivity (Wildman–Crippen MR) is 135 cm³/mol. The van der Waals surface area contributed by atoms with Gasteiger partial charge in [-0.1, -0.05) is 30.3 Å². The van der Waals surface area contributed by atoms with Crippen molar-refractivity contribution in [1.29, 1.82) is 0 Å². The van der Waals surface area contributed by atoms with Crippen LogP contribution in [0, 0.1) is 13.8 Å². The summed E-state index contributed by atoms with van der Waals surface area (Å²) in [4.78, 5) is 25.8. The van der Waals surface area contributed by atoms with E-state index in [1.54, 1.807) is 0 Å². The second kappa shape index (κ2) is 12.9. The van der Waals surface area contributed by atoms with Gasteiger partial charge in [-0.2, -0.15) is 0 Å². The first-order chi connectivity index (χ1) is 17.3. The van der Waals surface area contributed by atoms with Crippen LogP contribution in [-0.4, -0.2) is 34.3 Å². The van der Waals surface area contributed by atoms with Gasteiger partial charge in [0.25, 0.3) is 0 Å². The monoisotopic (exact) mass is 513 g/mol. The van der Waals surface area contributed by atoms with Gasteiger partial charge in [0.05, 0.1) is 6.61 Å². The Bertz CT molecular complexity index is 1420. The van der Waals surface area contributed by atoms with Gasteiger partial charge < -0.3 is 29.8 Å². The van der Waals surface area contributed by atoms with Crippen LogP contribution in [0.4, 0.5) is 5.69 Å². The molecule has 0 saturated carbocycles. The zero-order valence-corrected chi connectivity index (χ0v) is 23.1. The summed E-state index contributed by atoms with van der Waals surface area (Å²) in [7, 11) is 0. The topological polar surface area (TPSA) is 128 Å². The molecule has 1 heterocycles. The number of rotatable bonds is 10. The fourth-order valence-electron chi connectivity index (χ4n) is 4.03. The van der Waals surface area contributed by atoms with Gasteiger partial charge in [0.15, 0.2) is 5.69 Å². The number of aryl methyl sites for hydroxylation is 2. The molecule has 0 amide bonds. The van der Waals surface area contributed by atoms with Crippen LogP contribution in [0.5, 0.6) is 5.75 Å². The molecule has 3 aromatic carbocycles. The molecule has 3 N–H and O–H groups in total. The molecule has 0 unspecified atom stereocenters. The van der Waals surface area contributed by atoms with Gasteiger partial charge in [0.1, 0.15) is 18.5 Å². The number of benzene rings is 3. The summed E-state index contributed by atoms with van der Waals surface area (Å²) >= 11 is 0. The molecule has 4 aromatic rings. The number of hydrogen-bond acceptors (Lipinski definition) is 7. The van der Waals surface area contributed by atoms with Gasteiger partial charge in [-0.3, -0.25) is 9.53 Å². The van der Waals surface area contributed by atoms with Gasteiger partial charge >= 0.3 is 35.3 Å². The Morgan fingerprint density at radius 2 is 1.73 bits per heavy atom. The van der Waals surface area contributed by atoms with Crippen molar-refractivity contribution in [2.24, 2.45) is 0 Å². The molecule has 0 bridgehead atoms. The molecule has 0 radical (unpaired) electrons. The molecule has 0 fully saturated rings. The smallest absolute Gasteiger partial charge is 0.491 e. The first-order valence-corrected chi connectivity index (χ1v) is 11.5. The molecule has 188 valence electrons. The van der Waals surface area contributed by atoms with E-state index in [2.05, 4.69) is 28.5 Å². The maximum atomic E-state index is 11.5. The maximum Gasteiger partial charge on any atom is 1.00 e. The van der Waals surface area contributed by atoms with Gasteiger partial charge in [-0.15, -0.1) is 0 Å². The number of aromatic nitrogens is 2. The second-order valence-corrected chi connectivity index (χ2v) is 8.62. The van der Waals surface area contributed by atoms with E-state index in [9.17, 15) is 14.7 Å². The predicted octanol–water partition coefficient (Wildman–Crippen LogP) is -0.561. The quantitative estimate of drug-likeness (QED) is 0.241. The zero-order valence-electron chi connectivity index (χ0n) is 21.1.